The largest absolute Gasteiger partial charge is 0.756 e. The summed E-state index contributed by atoms with van der Waals surface area (Å²) in [5.41, 5.74) is 0. The number of unbranched alkanes of at least 4 members (excludes halogenated alkanes) is 42. The SMILES string of the molecule is CCCCCCCCCCCCCCCCCCCCCCCCCC/C=C/CC/C=C/C(O)C(COP(=O)([O-])OCC[N+](C)(C)C)NC(=O)CCCCCCCCCCCCCCCCCCCC. The van der Waals surface area contributed by atoms with Crippen molar-refractivity contribution in [3.05, 3.63) is 24.3 Å². The summed E-state index contributed by atoms with van der Waals surface area (Å²) in [7, 11) is 1.26. The standard InChI is InChI=1S/C61H121N2O6P/c1-6-8-10-12-14-16-18-20-22-24-26-27-28-29-30-31-32-33-34-35-36-37-38-40-42-44-46-48-50-52-54-60(64)59(58-69-70(66,67)68-57-56-63(3,4)5)62-61(65)55-53-51-49-47-45-43-41-39-25-23-21-19-17-15-13-11-9-7-2/h44,46,52,54,59-60,64H,6-43,45,47-51,53,55-58H2,1-5H3,(H-,62,65,66,67)/b46-44+,54-52+. The monoisotopic (exact) mass is 1010 g/mol. The second-order valence-corrected chi connectivity index (χ2v) is 23.8. The maximum absolute atomic E-state index is 13.0. The summed E-state index contributed by atoms with van der Waals surface area (Å²) < 4.78 is 23.4. The van der Waals surface area contributed by atoms with Crippen molar-refractivity contribution >= 4 is 13.7 Å². The maximum Gasteiger partial charge on any atom is 0.268 e. The van der Waals surface area contributed by atoms with Crippen molar-refractivity contribution in [2.24, 2.45) is 0 Å². The van der Waals surface area contributed by atoms with Crippen molar-refractivity contribution in [1.29, 1.82) is 0 Å². The molecule has 0 rings (SSSR count). The lowest BCUT2D eigenvalue weighted by Crippen LogP contribution is -2.45. The van der Waals surface area contributed by atoms with Crippen LogP contribution in [-0.4, -0.2) is 68.5 Å². The molecule has 8 nitrogen and oxygen atoms in total. The lowest BCUT2D eigenvalue weighted by molar-refractivity contribution is -0.870. The molecule has 70 heavy (non-hydrogen) atoms. The second kappa shape index (κ2) is 52.8. The Hall–Kier alpha value is -1.02. The van der Waals surface area contributed by atoms with Crippen LogP contribution in [0.1, 0.15) is 309 Å². The van der Waals surface area contributed by atoms with Gasteiger partial charge in [0.2, 0.25) is 5.91 Å². The average molecular weight is 1010 g/mol. The number of carbonyl (C=O) groups excluding carboxylic acids is 1. The first-order chi connectivity index (χ1) is 34.0. The summed E-state index contributed by atoms with van der Waals surface area (Å²) >= 11 is 0. The molecule has 0 heterocycles. The minimum absolute atomic E-state index is 0.00367. The fourth-order valence-electron chi connectivity index (χ4n) is 9.35. The van der Waals surface area contributed by atoms with E-state index in [1.807, 2.05) is 27.2 Å². The van der Waals surface area contributed by atoms with Crippen LogP contribution in [0.15, 0.2) is 24.3 Å². The van der Waals surface area contributed by atoms with Crippen LogP contribution in [0.2, 0.25) is 0 Å². The zero-order chi connectivity index (χ0) is 51.3. The number of likely N-dealkylation sites (N-methyl/N-ethyl adjacent to an activating group) is 1. The van der Waals surface area contributed by atoms with E-state index in [9.17, 15) is 19.4 Å². The highest BCUT2D eigenvalue weighted by Crippen LogP contribution is 2.38. The van der Waals surface area contributed by atoms with Crippen LogP contribution in [0.4, 0.5) is 0 Å². The van der Waals surface area contributed by atoms with Gasteiger partial charge in [-0.25, -0.2) is 0 Å². The van der Waals surface area contributed by atoms with Gasteiger partial charge in [-0.2, -0.15) is 0 Å². The van der Waals surface area contributed by atoms with E-state index in [4.69, 9.17) is 9.05 Å². The van der Waals surface area contributed by atoms with Crippen molar-refractivity contribution < 1.29 is 32.9 Å². The van der Waals surface area contributed by atoms with Crippen LogP contribution < -0.4 is 10.2 Å². The molecule has 0 spiro atoms. The van der Waals surface area contributed by atoms with E-state index in [-0.39, 0.29) is 19.1 Å². The summed E-state index contributed by atoms with van der Waals surface area (Å²) in [5.74, 6) is -0.201. The molecule has 0 bridgehead atoms. The van der Waals surface area contributed by atoms with Crippen LogP contribution >= 0.6 is 7.82 Å². The molecule has 0 aromatic heterocycles. The lowest BCUT2D eigenvalue weighted by Gasteiger charge is -2.29. The van der Waals surface area contributed by atoms with Gasteiger partial charge in [-0.1, -0.05) is 295 Å². The molecular formula is C61H121N2O6P. The molecule has 0 aliphatic rings. The Bertz CT molecular complexity index is 1190. The Morgan fingerprint density at radius 1 is 0.486 bits per heavy atom. The molecule has 0 saturated carbocycles. The average Bonchev–Trinajstić information content (AvgIpc) is 3.32. The minimum atomic E-state index is -4.60. The number of phosphoric acid groups is 1. The minimum Gasteiger partial charge on any atom is -0.756 e. The van der Waals surface area contributed by atoms with E-state index in [2.05, 4.69) is 31.3 Å². The Labute approximate surface area is 436 Å². The number of rotatable bonds is 57. The molecule has 9 heteroatoms. The predicted molar refractivity (Wildman–Crippen MR) is 302 cm³/mol. The topological polar surface area (TPSA) is 108 Å². The van der Waals surface area contributed by atoms with Gasteiger partial charge < -0.3 is 28.8 Å². The van der Waals surface area contributed by atoms with Gasteiger partial charge in [-0.05, 0) is 32.1 Å². The highest BCUT2D eigenvalue weighted by atomic mass is 31.2. The maximum atomic E-state index is 13.0. The molecule has 3 atom stereocenters. The Morgan fingerprint density at radius 3 is 1.16 bits per heavy atom. The highest BCUT2D eigenvalue weighted by Gasteiger charge is 2.23. The van der Waals surface area contributed by atoms with Crippen molar-refractivity contribution in [1.82, 2.24) is 5.32 Å². The summed E-state index contributed by atoms with van der Waals surface area (Å²) in [6.07, 6.45) is 67.1. The fourth-order valence-corrected chi connectivity index (χ4v) is 10.1. The number of aliphatic hydroxyl groups is 1. The number of hydrogen-bond acceptors (Lipinski definition) is 6. The van der Waals surface area contributed by atoms with E-state index >= 15 is 0 Å². The van der Waals surface area contributed by atoms with E-state index in [0.29, 0.717) is 17.4 Å². The zero-order valence-corrected chi connectivity index (χ0v) is 48.4. The van der Waals surface area contributed by atoms with Crippen LogP contribution in [0.5, 0.6) is 0 Å². The Balaban J connectivity index is 4.14. The van der Waals surface area contributed by atoms with Crippen LogP contribution in [0.25, 0.3) is 0 Å². The Morgan fingerprint density at radius 2 is 0.800 bits per heavy atom. The molecule has 416 valence electrons. The third-order valence-electron chi connectivity index (χ3n) is 14.2. The number of hydrogen-bond donors (Lipinski definition) is 2. The number of amides is 1. The molecule has 0 aliphatic heterocycles. The first-order valence-corrected chi connectivity index (χ1v) is 32.2. The van der Waals surface area contributed by atoms with Crippen LogP contribution in [0.3, 0.4) is 0 Å². The second-order valence-electron chi connectivity index (χ2n) is 22.4. The Kier molecular flexibility index (Phi) is 52.1. The molecule has 0 aromatic carbocycles. The van der Waals surface area contributed by atoms with Crippen molar-refractivity contribution in [2.75, 3.05) is 40.9 Å². The van der Waals surface area contributed by atoms with Gasteiger partial charge in [0.15, 0.2) is 0 Å². The molecule has 3 unspecified atom stereocenters. The number of quaternary nitrogens is 1. The van der Waals surface area contributed by atoms with Crippen molar-refractivity contribution in [3.8, 4) is 0 Å². The number of aliphatic hydroxyl groups excluding tert-OH is 1. The number of carbonyl (C=O) groups is 1. The quantitative estimate of drug-likeness (QED) is 0.0272. The molecular weight excluding hydrogens is 888 g/mol. The van der Waals surface area contributed by atoms with Gasteiger partial charge in [0, 0.05) is 6.42 Å². The molecule has 0 saturated heterocycles. The third kappa shape index (κ3) is 54.7. The van der Waals surface area contributed by atoms with Gasteiger partial charge in [0.1, 0.15) is 13.2 Å². The van der Waals surface area contributed by atoms with Crippen LogP contribution in [0, 0.1) is 0 Å². The smallest absolute Gasteiger partial charge is 0.268 e. The van der Waals surface area contributed by atoms with E-state index in [1.165, 1.54) is 250 Å². The van der Waals surface area contributed by atoms with E-state index < -0.39 is 20.0 Å². The molecule has 0 radical (unpaired) electrons. The third-order valence-corrected chi connectivity index (χ3v) is 15.1. The number of nitrogens with one attached hydrogen (secondary N) is 1. The van der Waals surface area contributed by atoms with Gasteiger partial charge in [0.05, 0.1) is 39.9 Å². The molecule has 0 fully saturated rings. The molecule has 0 aromatic rings. The normalized spacial score (nSPS) is 14.0. The summed E-state index contributed by atoms with van der Waals surface area (Å²) in [6.45, 7) is 4.68. The number of allylic oxidation sites excluding steroid dienone is 3. The molecule has 0 aliphatic carbocycles. The number of nitrogens with zero attached hydrogens (tertiary/aromatic N) is 1. The molecule has 1 amide bonds. The predicted octanol–water partition coefficient (Wildman–Crippen LogP) is 18.1. The first kappa shape index (κ1) is 69.0. The summed E-state index contributed by atoms with van der Waals surface area (Å²) in [6, 6.07) is -0.900. The summed E-state index contributed by atoms with van der Waals surface area (Å²) in [4.78, 5) is 25.5. The number of phosphoric ester groups is 1. The lowest BCUT2D eigenvalue weighted by atomic mass is 10.0. The van der Waals surface area contributed by atoms with Gasteiger partial charge in [-0.3, -0.25) is 9.36 Å². The molecule has 2 N–H and O–H groups in total. The first-order valence-electron chi connectivity index (χ1n) is 30.7. The van der Waals surface area contributed by atoms with Crippen molar-refractivity contribution in [3.63, 3.8) is 0 Å². The van der Waals surface area contributed by atoms with Crippen molar-refractivity contribution in [2.45, 2.75) is 321 Å². The van der Waals surface area contributed by atoms with E-state index in [1.54, 1.807) is 6.08 Å². The zero-order valence-electron chi connectivity index (χ0n) is 47.5. The van der Waals surface area contributed by atoms with Crippen LogP contribution in [-0.2, 0) is 18.4 Å². The van der Waals surface area contributed by atoms with Gasteiger partial charge in [0.25, 0.3) is 7.82 Å². The van der Waals surface area contributed by atoms with Gasteiger partial charge >= 0.3 is 0 Å². The highest BCUT2D eigenvalue weighted by molar-refractivity contribution is 7.45. The fraction of sp³-hybridized carbons (Fsp3) is 0.918. The van der Waals surface area contributed by atoms with E-state index in [0.717, 1.165) is 38.5 Å². The summed E-state index contributed by atoms with van der Waals surface area (Å²) in [5, 5.41) is 13.9. The van der Waals surface area contributed by atoms with Gasteiger partial charge in [-0.15, -0.1) is 0 Å².